The number of likely N-dealkylation sites (tertiary alicyclic amines) is 1. The molecule has 6 nitrogen and oxygen atoms in total. The van der Waals surface area contributed by atoms with Crippen LogP contribution in [0.25, 0.3) is 5.69 Å². The molecular weight excluding hydrogens is 350 g/mol. The number of hydrogen-bond donors (Lipinski definition) is 1. The second-order valence-corrected chi connectivity index (χ2v) is 7.49. The van der Waals surface area contributed by atoms with Gasteiger partial charge in [0.2, 0.25) is 0 Å². The highest BCUT2D eigenvalue weighted by Gasteiger charge is 2.37. The van der Waals surface area contributed by atoms with Gasteiger partial charge in [0.15, 0.2) is 5.69 Å². The normalized spacial score (nSPS) is 19.2. The maximum atomic E-state index is 13.2. The van der Waals surface area contributed by atoms with Gasteiger partial charge in [-0.2, -0.15) is 0 Å². The van der Waals surface area contributed by atoms with Gasteiger partial charge in [0.05, 0.1) is 11.4 Å². The average molecular weight is 375 g/mol. The summed E-state index contributed by atoms with van der Waals surface area (Å²) in [5, 5.41) is 8.42. The highest BCUT2D eigenvalue weighted by molar-refractivity contribution is 5.93. The summed E-state index contributed by atoms with van der Waals surface area (Å²) in [5.41, 5.74) is 10.5. The van der Waals surface area contributed by atoms with Gasteiger partial charge in [-0.3, -0.25) is 4.79 Å². The number of rotatable bonds is 4. The maximum absolute atomic E-state index is 13.2. The second-order valence-electron chi connectivity index (χ2n) is 7.49. The van der Waals surface area contributed by atoms with Gasteiger partial charge in [-0.1, -0.05) is 53.2 Å². The van der Waals surface area contributed by atoms with Gasteiger partial charge in [-0.25, -0.2) is 4.68 Å². The number of nitrogens with zero attached hydrogens (tertiary/aromatic N) is 4. The summed E-state index contributed by atoms with van der Waals surface area (Å²) >= 11 is 0. The van der Waals surface area contributed by atoms with Crippen LogP contribution in [0, 0.1) is 19.8 Å². The summed E-state index contributed by atoms with van der Waals surface area (Å²) in [6.07, 6.45) is 0. The molecule has 1 amide bonds. The minimum Gasteiger partial charge on any atom is -0.336 e. The van der Waals surface area contributed by atoms with E-state index in [1.54, 1.807) is 4.68 Å². The van der Waals surface area contributed by atoms with Crippen LogP contribution in [0.4, 0.5) is 0 Å². The lowest BCUT2D eigenvalue weighted by atomic mass is 9.89. The van der Waals surface area contributed by atoms with Crippen LogP contribution in [0.5, 0.6) is 0 Å². The molecule has 1 fully saturated rings. The van der Waals surface area contributed by atoms with Crippen LogP contribution in [0.15, 0.2) is 54.6 Å². The van der Waals surface area contributed by atoms with Crippen molar-refractivity contribution in [1.82, 2.24) is 19.9 Å². The molecule has 3 aromatic rings. The lowest BCUT2D eigenvalue weighted by Crippen LogP contribution is -2.30. The molecule has 2 heterocycles. The maximum Gasteiger partial charge on any atom is 0.276 e. The van der Waals surface area contributed by atoms with Crippen molar-refractivity contribution < 1.29 is 4.79 Å². The number of amides is 1. The first-order chi connectivity index (χ1) is 13.6. The zero-order valence-corrected chi connectivity index (χ0v) is 16.2. The highest BCUT2D eigenvalue weighted by Crippen LogP contribution is 2.33. The number of benzene rings is 2. The fourth-order valence-electron chi connectivity index (χ4n) is 3.96. The molecule has 2 aromatic carbocycles. The Morgan fingerprint density at radius 2 is 1.79 bits per heavy atom. The van der Waals surface area contributed by atoms with Crippen molar-refractivity contribution >= 4 is 5.91 Å². The lowest BCUT2D eigenvalue weighted by molar-refractivity contribution is 0.0779. The monoisotopic (exact) mass is 375 g/mol. The molecule has 1 saturated heterocycles. The van der Waals surface area contributed by atoms with Gasteiger partial charge in [-0.15, -0.1) is 5.10 Å². The summed E-state index contributed by atoms with van der Waals surface area (Å²) < 4.78 is 1.72. The number of aryl methyl sites for hydroxylation is 1. The Morgan fingerprint density at radius 3 is 2.46 bits per heavy atom. The summed E-state index contributed by atoms with van der Waals surface area (Å²) in [7, 11) is 0. The summed E-state index contributed by atoms with van der Waals surface area (Å²) in [5.74, 6) is 0.425. The van der Waals surface area contributed by atoms with E-state index in [1.807, 2.05) is 61.2 Å². The third-order valence-electron chi connectivity index (χ3n) is 5.63. The molecule has 0 radical (unpaired) electrons. The molecule has 4 rings (SSSR count). The van der Waals surface area contributed by atoms with Gasteiger partial charge in [0.1, 0.15) is 0 Å². The molecule has 2 atom stereocenters. The predicted molar refractivity (Wildman–Crippen MR) is 108 cm³/mol. The Kier molecular flexibility index (Phi) is 4.96. The average Bonchev–Trinajstić information content (AvgIpc) is 3.33. The summed E-state index contributed by atoms with van der Waals surface area (Å²) in [6, 6.07) is 18.3. The van der Waals surface area contributed by atoms with Crippen molar-refractivity contribution in [1.29, 1.82) is 0 Å². The first-order valence-electron chi connectivity index (χ1n) is 9.62. The topological polar surface area (TPSA) is 77.0 Å². The first-order valence-corrected chi connectivity index (χ1v) is 9.62. The predicted octanol–water partition coefficient (Wildman–Crippen LogP) is 2.70. The van der Waals surface area contributed by atoms with Gasteiger partial charge in [0.25, 0.3) is 5.91 Å². The van der Waals surface area contributed by atoms with E-state index in [1.165, 1.54) is 11.1 Å². The minimum atomic E-state index is -0.0762. The van der Waals surface area contributed by atoms with Crippen LogP contribution >= 0.6 is 0 Å². The number of nitrogens with two attached hydrogens (primary N) is 1. The van der Waals surface area contributed by atoms with Crippen LogP contribution < -0.4 is 5.73 Å². The molecule has 0 aliphatic carbocycles. The Bertz CT molecular complexity index is 964. The molecule has 0 saturated carbocycles. The van der Waals surface area contributed by atoms with Crippen LogP contribution in [-0.4, -0.2) is 45.4 Å². The Balaban J connectivity index is 1.58. The zero-order valence-electron chi connectivity index (χ0n) is 16.2. The fourth-order valence-corrected chi connectivity index (χ4v) is 3.96. The van der Waals surface area contributed by atoms with Crippen molar-refractivity contribution in [3.05, 3.63) is 77.1 Å². The van der Waals surface area contributed by atoms with Crippen LogP contribution in [0.1, 0.15) is 33.2 Å². The third-order valence-corrected chi connectivity index (χ3v) is 5.63. The smallest absolute Gasteiger partial charge is 0.276 e. The number of hydrogen-bond acceptors (Lipinski definition) is 4. The van der Waals surface area contributed by atoms with Crippen molar-refractivity contribution in [3.63, 3.8) is 0 Å². The number of carbonyl (C=O) groups excluding carboxylic acids is 1. The van der Waals surface area contributed by atoms with Crippen LogP contribution in [-0.2, 0) is 0 Å². The Hall–Kier alpha value is -2.99. The molecule has 6 heteroatoms. The molecule has 28 heavy (non-hydrogen) atoms. The van der Waals surface area contributed by atoms with E-state index in [4.69, 9.17) is 5.73 Å². The summed E-state index contributed by atoms with van der Waals surface area (Å²) in [6.45, 7) is 5.78. The van der Waals surface area contributed by atoms with E-state index in [0.717, 1.165) is 11.4 Å². The van der Waals surface area contributed by atoms with Gasteiger partial charge >= 0.3 is 0 Å². The zero-order chi connectivity index (χ0) is 19.7. The van der Waals surface area contributed by atoms with Crippen molar-refractivity contribution in [2.24, 2.45) is 11.7 Å². The quantitative estimate of drug-likeness (QED) is 0.761. The number of aromatic nitrogens is 3. The van der Waals surface area contributed by atoms with E-state index in [-0.39, 0.29) is 17.7 Å². The lowest BCUT2D eigenvalue weighted by Gasteiger charge is -2.16. The van der Waals surface area contributed by atoms with Gasteiger partial charge in [-0.05, 0) is 44.0 Å². The van der Waals surface area contributed by atoms with E-state index in [9.17, 15) is 4.79 Å². The van der Waals surface area contributed by atoms with E-state index >= 15 is 0 Å². The van der Waals surface area contributed by atoms with Crippen molar-refractivity contribution in [2.45, 2.75) is 19.8 Å². The molecule has 0 spiro atoms. The molecule has 144 valence electrons. The minimum absolute atomic E-state index is 0.0762. The third kappa shape index (κ3) is 3.31. The molecular formula is C22H25N5O. The van der Waals surface area contributed by atoms with E-state index in [0.29, 0.717) is 25.3 Å². The van der Waals surface area contributed by atoms with E-state index < -0.39 is 0 Å². The van der Waals surface area contributed by atoms with Crippen LogP contribution in [0.3, 0.4) is 0 Å². The van der Waals surface area contributed by atoms with Gasteiger partial charge in [0, 0.05) is 19.0 Å². The van der Waals surface area contributed by atoms with Crippen molar-refractivity contribution in [3.8, 4) is 5.69 Å². The summed E-state index contributed by atoms with van der Waals surface area (Å²) in [4.78, 5) is 15.0. The van der Waals surface area contributed by atoms with E-state index in [2.05, 4.69) is 22.4 Å². The van der Waals surface area contributed by atoms with Crippen molar-refractivity contribution in [2.75, 3.05) is 19.6 Å². The highest BCUT2D eigenvalue weighted by atomic mass is 16.2. The SMILES string of the molecule is Cc1ccc(-n2nnc(C(=O)N3C[C@@H](CN)[C@H](c4ccccc4)C3)c2C)cc1. The molecule has 1 aliphatic rings. The second kappa shape index (κ2) is 7.56. The standard InChI is InChI=1S/C22H25N5O/c1-15-8-10-19(11-9-15)27-16(2)21(24-25-27)22(28)26-13-18(12-23)20(14-26)17-6-4-3-5-7-17/h3-11,18,20H,12-14,23H2,1-2H3/t18-,20+/m1/s1. The Labute approximate surface area is 165 Å². The van der Waals surface area contributed by atoms with Crippen LogP contribution in [0.2, 0.25) is 0 Å². The number of carbonyl (C=O) groups is 1. The molecule has 2 N–H and O–H groups in total. The molecule has 0 unspecified atom stereocenters. The molecule has 1 aliphatic heterocycles. The molecule has 1 aromatic heterocycles. The van der Waals surface area contributed by atoms with Gasteiger partial charge < -0.3 is 10.6 Å². The molecule has 0 bridgehead atoms. The fraction of sp³-hybridized carbons (Fsp3) is 0.318. The Morgan fingerprint density at radius 1 is 1.07 bits per heavy atom. The first kappa shape index (κ1) is 18.4. The largest absolute Gasteiger partial charge is 0.336 e.